The molecular weight excluding hydrogens is 368 g/mol. The van der Waals surface area contributed by atoms with E-state index in [0.29, 0.717) is 17.7 Å². The normalized spacial score (nSPS) is 25.3. The van der Waals surface area contributed by atoms with Gasteiger partial charge in [-0.25, -0.2) is 0 Å². The molecule has 0 aromatic rings. The summed E-state index contributed by atoms with van der Waals surface area (Å²) >= 11 is 0. The Hall–Kier alpha value is -1.74. The predicted octanol–water partition coefficient (Wildman–Crippen LogP) is 6.63. The summed E-state index contributed by atoms with van der Waals surface area (Å²) in [4.78, 5) is 5.16. The highest BCUT2D eigenvalue weighted by atomic mass is 16.3. The molecule has 2 heterocycles. The summed E-state index contributed by atoms with van der Waals surface area (Å²) < 4.78 is 0. The fourth-order valence-corrected chi connectivity index (χ4v) is 4.42. The molecule has 1 N–H and O–H groups in total. The van der Waals surface area contributed by atoms with Crippen molar-refractivity contribution in [3.8, 4) is 0 Å². The zero-order chi connectivity index (χ0) is 21.8. The molecule has 0 amide bonds. The summed E-state index contributed by atoms with van der Waals surface area (Å²) in [7, 11) is 0. The first kappa shape index (κ1) is 24.5. The Morgan fingerprint density at radius 2 is 1.77 bits per heavy atom. The topological polar surface area (TPSA) is 26.7 Å². The van der Waals surface area contributed by atoms with Crippen molar-refractivity contribution in [3.05, 3.63) is 60.1 Å². The van der Waals surface area contributed by atoms with E-state index in [9.17, 15) is 0 Å². The molecule has 2 atom stereocenters. The van der Waals surface area contributed by atoms with Crippen LogP contribution in [0.5, 0.6) is 0 Å². The molecule has 0 aromatic heterocycles. The number of aliphatic hydroxyl groups excluding tert-OH is 1. The van der Waals surface area contributed by atoms with Crippen LogP contribution in [0.3, 0.4) is 0 Å². The Bertz CT molecular complexity index is 629. The highest BCUT2D eigenvalue weighted by Crippen LogP contribution is 2.28. The van der Waals surface area contributed by atoms with Gasteiger partial charge in [-0.15, -0.1) is 0 Å². The molecule has 4 aliphatic rings. The minimum absolute atomic E-state index is 0.490. The van der Waals surface area contributed by atoms with Crippen LogP contribution < -0.4 is 0 Å². The summed E-state index contributed by atoms with van der Waals surface area (Å²) in [6, 6.07) is 0.582. The van der Waals surface area contributed by atoms with E-state index in [-0.39, 0.29) is 0 Å². The zero-order valence-electron chi connectivity index (χ0n) is 19.8. The molecule has 3 nitrogen and oxygen atoms in total. The van der Waals surface area contributed by atoms with Gasteiger partial charge in [0.05, 0.1) is 6.04 Å². The maximum atomic E-state index is 9.16. The van der Waals surface area contributed by atoms with Crippen LogP contribution in [0.4, 0.5) is 0 Å². The van der Waals surface area contributed by atoms with E-state index in [0.717, 1.165) is 18.8 Å². The highest BCUT2D eigenvalue weighted by Gasteiger charge is 2.26. The van der Waals surface area contributed by atoms with E-state index in [4.69, 9.17) is 5.11 Å². The minimum atomic E-state index is 0.490. The number of piperidine rings is 1. The molecule has 168 valence electrons. The van der Waals surface area contributed by atoms with E-state index >= 15 is 0 Å². The number of fused-ring (bicyclic) bond motifs is 1. The second-order valence-electron chi connectivity index (χ2n) is 8.45. The third kappa shape index (κ3) is 7.19. The van der Waals surface area contributed by atoms with Gasteiger partial charge in [-0.1, -0.05) is 63.6 Å². The lowest BCUT2D eigenvalue weighted by Crippen LogP contribution is -2.40. The van der Waals surface area contributed by atoms with Gasteiger partial charge in [0.2, 0.25) is 0 Å². The van der Waals surface area contributed by atoms with E-state index in [1.165, 1.54) is 57.4 Å². The first-order valence-corrected chi connectivity index (χ1v) is 12.3. The van der Waals surface area contributed by atoms with Crippen LogP contribution in [-0.2, 0) is 0 Å². The third-order valence-electron chi connectivity index (χ3n) is 6.63. The van der Waals surface area contributed by atoms with Crippen molar-refractivity contribution in [3.63, 3.8) is 0 Å². The molecule has 0 radical (unpaired) electrons. The number of allylic oxidation sites excluding steroid dienone is 5. The van der Waals surface area contributed by atoms with Crippen LogP contribution in [-0.4, -0.2) is 47.1 Å². The summed E-state index contributed by atoms with van der Waals surface area (Å²) in [6.07, 6.45) is 24.9. The van der Waals surface area contributed by atoms with Crippen molar-refractivity contribution in [1.29, 1.82) is 0 Å². The van der Waals surface area contributed by atoms with Gasteiger partial charge in [0, 0.05) is 19.0 Å². The van der Waals surface area contributed by atoms with Gasteiger partial charge in [-0.05, 0) is 75.9 Å². The second-order valence-corrected chi connectivity index (χ2v) is 8.45. The van der Waals surface area contributed by atoms with Crippen molar-refractivity contribution >= 4 is 0 Å². The Kier molecular flexibility index (Phi) is 11.1. The molecule has 2 aliphatic carbocycles. The predicted molar refractivity (Wildman–Crippen MR) is 131 cm³/mol. The summed E-state index contributed by atoms with van der Waals surface area (Å²) in [6.45, 7) is 13.3. The first-order chi connectivity index (χ1) is 14.7. The molecule has 0 aromatic carbocycles. The summed E-state index contributed by atoms with van der Waals surface area (Å²) in [5, 5.41) is 9.16. The lowest BCUT2D eigenvalue weighted by atomic mass is 9.91. The quantitative estimate of drug-likeness (QED) is 0.513. The first-order valence-electron chi connectivity index (χ1n) is 12.3. The molecule has 2 aliphatic heterocycles. The van der Waals surface area contributed by atoms with Crippen LogP contribution in [0, 0.1) is 11.8 Å². The van der Waals surface area contributed by atoms with Crippen molar-refractivity contribution in [2.24, 2.45) is 11.8 Å². The number of hydrogen-bond donors (Lipinski definition) is 1. The molecule has 2 fully saturated rings. The average molecular weight is 413 g/mol. The highest BCUT2D eigenvalue weighted by molar-refractivity contribution is 5.26. The fraction of sp³-hybridized carbons (Fsp3) is 0.630. The van der Waals surface area contributed by atoms with E-state index in [1.807, 2.05) is 26.8 Å². The van der Waals surface area contributed by atoms with Gasteiger partial charge in [0.1, 0.15) is 5.76 Å². The maximum Gasteiger partial charge on any atom is 0.114 e. The average Bonchev–Trinajstić information content (AvgIpc) is 3.17. The Labute approximate surface area is 185 Å². The Morgan fingerprint density at radius 1 is 1.07 bits per heavy atom. The van der Waals surface area contributed by atoms with Gasteiger partial charge in [-0.3, -0.25) is 0 Å². The van der Waals surface area contributed by atoms with E-state index in [1.54, 1.807) is 6.08 Å². The van der Waals surface area contributed by atoms with Crippen molar-refractivity contribution in [2.75, 3.05) is 26.2 Å². The van der Waals surface area contributed by atoms with E-state index in [2.05, 4.69) is 53.3 Å². The number of likely N-dealkylation sites (tertiary alicyclic amines) is 1. The van der Waals surface area contributed by atoms with E-state index < -0.39 is 0 Å². The molecule has 0 bridgehead atoms. The van der Waals surface area contributed by atoms with Gasteiger partial charge in [0.15, 0.2) is 0 Å². The molecular formula is C27H44N2O. The summed E-state index contributed by atoms with van der Waals surface area (Å²) in [5.41, 5.74) is 1.22. The molecule has 4 rings (SSSR count). The molecule has 1 saturated carbocycles. The van der Waals surface area contributed by atoms with Crippen molar-refractivity contribution in [1.82, 2.24) is 9.80 Å². The molecule has 1 saturated heterocycles. The van der Waals surface area contributed by atoms with Crippen LogP contribution in [0.15, 0.2) is 60.1 Å². The largest absolute Gasteiger partial charge is 0.508 e. The number of nitrogens with zero attached hydrogens (tertiary/aromatic N) is 2. The van der Waals surface area contributed by atoms with Gasteiger partial charge < -0.3 is 14.9 Å². The number of hydrogen-bond acceptors (Lipinski definition) is 3. The van der Waals surface area contributed by atoms with Crippen molar-refractivity contribution in [2.45, 2.75) is 72.3 Å². The van der Waals surface area contributed by atoms with Gasteiger partial charge in [-0.2, -0.15) is 0 Å². The second kappa shape index (κ2) is 13.5. The third-order valence-corrected chi connectivity index (χ3v) is 6.63. The van der Waals surface area contributed by atoms with Gasteiger partial charge >= 0.3 is 0 Å². The lowest BCUT2D eigenvalue weighted by Gasteiger charge is -2.34. The molecule has 30 heavy (non-hydrogen) atoms. The van der Waals surface area contributed by atoms with Crippen LogP contribution in [0.2, 0.25) is 0 Å². The SMILES string of the molecule is C/C=C/C(O)=C1CCC1.CC.CCC1CCN(CCN2C=CC3C=CC=CC32)CC1. The molecule has 0 spiro atoms. The maximum absolute atomic E-state index is 9.16. The Morgan fingerprint density at radius 3 is 2.37 bits per heavy atom. The smallest absolute Gasteiger partial charge is 0.114 e. The van der Waals surface area contributed by atoms with Crippen LogP contribution >= 0.6 is 0 Å². The minimum Gasteiger partial charge on any atom is -0.508 e. The summed E-state index contributed by atoms with van der Waals surface area (Å²) in [5.74, 6) is 2.08. The van der Waals surface area contributed by atoms with Gasteiger partial charge in [0.25, 0.3) is 0 Å². The molecule has 3 heteroatoms. The van der Waals surface area contributed by atoms with Crippen molar-refractivity contribution < 1.29 is 5.11 Å². The fourth-order valence-electron chi connectivity index (χ4n) is 4.42. The zero-order valence-corrected chi connectivity index (χ0v) is 19.8. The number of aliphatic hydroxyl groups is 1. The standard InChI is InChI=1S/C17H26N2.C8H12O.C2H6/c1-2-15-7-10-18(11-8-15)13-14-19-12-9-16-5-3-4-6-17(16)19;1-2-4-8(9)7-5-3-6-7;1-2/h3-6,9,12,15-17H,2,7-8,10-11,13-14H2,1H3;2,4,9H,3,5-6H2,1H3;1-2H3/b;4-2+;. The van der Waals surface area contributed by atoms with Crippen LogP contribution in [0.1, 0.15) is 66.2 Å². The Balaban J connectivity index is 0.000000245. The number of rotatable bonds is 5. The monoisotopic (exact) mass is 412 g/mol. The lowest BCUT2D eigenvalue weighted by molar-refractivity contribution is 0.162. The van der Waals surface area contributed by atoms with Crippen LogP contribution in [0.25, 0.3) is 0 Å². The molecule has 2 unspecified atom stereocenters.